The summed E-state index contributed by atoms with van der Waals surface area (Å²) < 4.78 is 5.23. The van der Waals surface area contributed by atoms with Crippen molar-refractivity contribution in [2.75, 3.05) is 20.7 Å². The second kappa shape index (κ2) is 8.48. The van der Waals surface area contributed by atoms with Gasteiger partial charge in [-0.2, -0.15) is 0 Å². The highest BCUT2D eigenvalue weighted by Gasteiger charge is 2.11. The van der Waals surface area contributed by atoms with E-state index < -0.39 is 6.03 Å². The number of rotatable bonds is 6. The van der Waals surface area contributed by atoms with E-state index in [1.807, 2.05) is 56.1 Å². The average molecular weight is 343 g/mol. The Morgan fingerprint density at radius 1 is 1.12 bits per heavy atom. The number of nitrogens with one attached hydrogen (secondary N) is 2. The number of urea groups is 1. The summed E-state index contributed by atoms with van der Waals surface area (Å²) in [6.45, 7) is 4.43. The number of likely N-dealkylation sites (N-methyl/N-ethyl adjacent to an activating group) is 1. The Morgan fingerprint density at radius 3 is 2.48 bits per heavy atom. The third-order valence-electron chi connectivity index (χ3n) is 3.65. The van der Waals surface area contributed by atoms with E-state index in [1.165, 1.54) is 0 Å². The lowest BCUT2D eigenvalue weighted by Gasteiger charge is -2.17. The van der Waals surface area contributed by atoms with Gasteiger partial charge >= 0.3 is 6.03 Å². The smallest absolute Gasteiger partial charge is 0.321 e. The molecule has 0 saturated carbocycles. The maximum Gasteiger partial charge on any atom is 0.321 e. The molecule has 0 atom stereocenters. The number of hydrogen-bond acceptors (Lipinski definition) is 4. The zero-order chi connectivity index (χ0) is 18.4. The Hall–Kier alpha value is -2.60. The van der Waals surface area contributed by atoms with Gasteiger partial charge in [0.2, 0.25) is 5.91 Å². The minimum Gasteiger partial charge on any atom is -0.497 e. The lowest BCUT2D eigenvalue weighted by atomic mass is 10.1. The summed E-state index contributed by atoms with van der Waals surface area (Å²) in [5, 5.41) is 7.18. The van der Waals surface area contributed by atoms with Crippen LogP contribution in [0.5, 0.6) is 5.75 Å². The van der Waals surface area contributed by atoms with Gasteiger partial charge in [0, 0.05) is 12.6 Å². The number of imide groups is 1. The topological polar surface area (TPSA) is 70.7 Å². The van der Waals surface area contributed by atoms with Gasteiger partial charge in [-0.05, 0) is 55.4 Å². The lowest BCUT2D eigenvalue weighted by Crippen LogP contribution is -2.45. The van der Waals surface area contributed by atoms with Crippen molar-refractivity contribution in [3.8, 4) is 5.75 Å². The van der Waals surface area contributed by atoms with Crippen LogP contribution in [-0.4, -0.2) is 43.6 Å². The van der Waals surface area contributed by atoms with Crippen LogP contribution in [-0.2, 0) is 11.3 Å². The van der Waals surface area contributed by atoms with Gasteiger partial charge in [-0.1, -0.05) is 18.2 Å². The summed E-state index contributed by atoms with van der Waals surface area (Å²) >= 11 is 0. The number of fused-ring (bicyclic) bond motifs is 1. The van der Waals surface area contributed by atoms with Gasteiger partial charge in [0.15, 0.2) is 0 Å². The first-order valence-electron chi connectivity index (χ1n) is 8.23. The molecule has 134 valence electrons. The van der Waals surface area contributed by atoms with E-state index in [-0.39, 0.29) is 18.5 Å². The minimum absolute atomic E-state index is 0.0123. The van der Waals surface area contributed by atoms with Gasteiger partial charge in [0.25, 0.3) is 0 Å². The predicted octanol–water partition coefficient (Wildman–Crippen LogP) is 2.51. The molecule has 0 bridgehead atoms. The van der Waals surface area contributed by atoms with Crippen molar-refractivity contribution >= 4 is 22.7 Å². The average Bonchev–Trinajstić information content (AvgIpc) is 2.52. The van der Waals surface area contributed by atoms with Crippen molar-refractivity contribution in [3.05, 3.63) is 42.0 Å². The summed E-state index contributed by atoms with van der Waals surface area (Å²) in [5.41, 5.74) is 1.10. The van der Waals surface area contributed by atoms with Crippen molar-refractivity contribution < 1.29 is 14.3 Å². The van der Waals surface area contributed by atoms with E-state index in [1.54, 1.807) is 7.11 Å². The van der Waals surface area contributed by atoms with Gasteiger partial charge in [0.1, 0.15) is 5.75 Å². The molecule has 0 spiro atoms. The van der Waals surface area contributed by atoms with Crippen LogP contribution in [0.15, 0.2) is 36.4 Å². The predicted molar refractivity (Wildman–Crippen MR) is 98.6 cm³/mol. The molecule has 0 radical (unpaired) electrons. The first kappa shape index (κ1) is 18.7. The first-order valence-corrected chi connectivity index (χ1v) is 8.23. The van der Waals surface area contributed by atoms with Gasteiger partial charge in [-0.25, -0.2) is 4.79 Å². The van der Waals surface area contributed by atoms with E-state index in [2.05, 4.69) is 16.7 Å². The fourth-order valence-corrected chi connectivity index (χ4v) is 2.58. The molecule has 0 unspecified atom stereocenters. The number of hydrogen-bond donors (Lipinski definition) is 2. The molecule has 0 aliphatic rings. The summed E-state index contributed by atoms with van der Waals surface area (Å²) in [7, 11) is 3.50. The molecule has 3 amide bonds. The van der Waals surface area contributed by atoms with Crippen molar-refractivity contribution in [2.24, 2.45) is 0 Å². The molecule has 0 saturated heterocycles. The second-order valence-corrected chi connectivity index (χ2v) is 6.40. The molecule has 0 heterocycles. The molecule has 0 aliphatic carbocycles. The van der Waals surface area contributed by atoms with Crippen LogP contribution >= 0.6 is 0 Å². The molecule has 0 aromatic heterocycles. The maximum atomic E-state index is 11.9. The highest BCUT2D eigenvalue weighted by atomic mass is 16.5. The highest BCUT2D eigenvalue weighted by molar-refractivity contribution is 5.95. The summed E-state index contributed by atoms with van der Waals surface area (Å²) in [5.74, 6) is 0.500. The fourth-order valence-electron chi connectivity index (χ4n) is 2.58. The lowest BCUT2D eigenvalue weighted by molar-refractivity contribution is -0.120. The molecule has 2 aromatic rings. The van der Waals surface area contributed by atoms with Crippen LogP contribution in [0.3, 0.4) is 0 Å². The third-order valence-corrected chi connectivity index (χ3v) is 3.65. The van der Waals surface area contributed by atoms with Crippen molar-refractivity contribution in [3.63, 3.8) is 0 Å². The summed E-state index contributed by atoms with van der Waals surface area (Å²) in [6.07, 6.45) is 0. The standard InChI is InChI=1S/C19H25N3O3/c1-13(2)20-19(24)21-18(23)12-22(3)11-14-5-6-16-10-17(25-4)8-7-15(16)9-14/h5-10,13H,11-12H2,1-4H3,(H2,20,21,23,24). The van der Waals surface area contributed by atoms with E-state index in [0.717, 1.165) is 22.1 Å². The number of benzene rings is 2. The van der Waals surface area contributed by atoms with Crippen LogP contribution in [0, 0.1) is 0 Å². The number of carbonyl (C=O) groups excluding carboxylic acids is 2. The number of ether oxygens (including phenoxy) is 1. The van der Waals surface area contributed by atoms with Crippen LogP contribution in [0.25, 0.3) is 10.8 Å². The summed E-state index contributed by atoms with van der Waals surface area (Å²) in [6, 6.07) is 11.6. The van der Waals surface area contributed by atoms with E-state index >= 15 is 0 Å². The summed E-state index contributed by atoms with van der Waals surface area (Å²) in [4.78, 5) is 25.3. The molecule has 2 aromatic carbocycles. The second-order valence-electron chi connectivity index (χ2n) is 6.40. The quantitative estimate of drug-likeness (QED) is 0.845. The molecule has 2 N–H and O–H groups in total. The zero-order valence-electron chi connectivity index (χ0n) is 15.1. The van der Waals surface area contributed by atoms with Crippen LogP contribution in [0.4, 0.5) is 4.79 Å². The Bertz CT molecular complexity index is 759. The number of methoxy groups -OCH3 is 1. The molecule has 0 fully saturated rings. The molecule has 2 rings (SSSR count). The van der Waals surface area contributed by atoms with Crippen molar-refractivity contribution in [2.45, 2.75) is 26.4 Å². The molecular weight excluding hydrogens is 318 g/mol. The zero-order valence-corrected chi connectivity index (χ0v) is 15.1. The molecule has 6 heteroatoms. The van der Waals surface area contributed by atoms with Gasteiger partial charge in [0.05, 0.1) is 13.7 Å². The Balaban J connectivity index is 1.93. The Morgan fingerprint density at radius 2 is 1.80 bits per heavy atom. The van der Waals surface area contributed by atoms with E-state index in [0.29, 0.717) is 6.54 Å². The molecule has 25 heavy (non-hydrogen) atoms. The van der Waals surface area contributed by atoms with Crippen LogP contribution < -0.4 is 15.4 Å². The SMILES string of the molecule is COc1ccc2cc(CN(C)CC(=O)NC(=O)NC(C)C)ccc2c1. The normalized spacial score (nSPS) is 11.0. The van der Waals surface area contributed by atoms with Gasteiger partial charge in [-0.3, -0.25) is 15.0 Å². The minimum atomic E-state index is -0.465. The number of amides is 3. The van der Waals surface area contributed by atoms with Crippen LogP contribution in [0.1, 0.15) is 19.4 Å². The van der Waals surface area contributed by atoms with Crippen molar-refractivity contribution in [1.29, 1.82) is 0 Å². The molecule has 0 aliphatic heterocycles. The van der Waals surface area contributed by atoms with Gasteiger partial charge < -0.3 is 10.1 Å². The van der Waals surface area contributed by atoms with E-state index in [9.17, 15) is 9.59 Å². The monoisotopic (exact) mass is 343 g/mol. The van der Waals surface area contributed by atoms with Gasteiger partial charge in [-0.15, -0.1) is 0 Å². The maximum absolute atomic E-state index is 11.9. The Labute approximate surface area is 148 Å². The van der Waals surface area contributed by atoms with Crippen LogP contribution in [0.2, 0.25) is 0 Å². The van der Waals surface area contributed by atoms with Crippen molar-refractivity contribution in [1.82, 2.24) is 15.5 Å². The van der Waals surface area contributed by atoms with E-state index in [4.69, 9.17) is 4.74 Å². The molecular formula is C19H25N3O3. The Kier molecular flexibility index (Phi) is 6.36. The molecule has 6 nitrogen and oxygen atoms in total. The number of nitrogens with zero attached hydrogens (tertiary/aromatic N) is 1. The fraction of sp³-hybridized carbons (Fsp3) is 0.368. The third kappa shape index (κ3) is 5.76. The number of carbonyl (C=O) groups is 2. The first-order chi connectivity index (χ1) is 11.9. The largest absolute Gasteiger partial charge is 0.497 e. The highest BCUT2D eigenvalue weighted by Crippen LogP contribution is 2.22.